The fourth-order valence-corrected chi connectivity index (χ4v) is 7.84. The van der Waals surface area contributed by atoms with Crippen LogP contribution in [0.4, 0.5) is 14.0 Å². The summed E-state index contributed by atoms with van der Waals surface area (Å²) in [4.78, 5) is 60.7. The molecule has 5 atom stereocenters. The summed E-state index contributed by atoms with van der Waals surface area (Å²) in [6.45, 7) is 6.80. The second-order valence-corrected chi connectivity index (χ2v) is 14.4. The zero-order chi connectivity index (χ0) is 34.9. The molecule has 2 aliphatic heterocycles. The fraction of sp³-hybridized carbons (Fsp3) is 0.514. The molecule has 3 heterocycles. The molecule has 0 unspecified atom stereocenters. The number of fused-ring (bicyclic) bond motifs is 2. The van der Waals surface area contributed by atoms with E-state index in [1.54, 1.807) is 42.8 Å². The van der Waals surface area contributed by atoms with Gasteiger partial charge in [0.2, 0.25) is 5.91 Å². The molecule has 3 aliphatic rings. The number of esters is 1. The average Bonchev–Trinajstić information content (AvgIpc) is 3.75. The number of amides is 3. The zero-order valence-corrected chi connectivity index (χ0v) is 28.4. The van der Waals surface area contributed by atoms with E-state index in [0.717, 1.165) is 48.6 Å². The van der Waals surface area contributed by atoms with Crippen LogP contribution in [0.1, 0.15) is 76.8 Å². The highest BCUT2D eigenvalue weighted by atomic mass is 19.1. The lowest BCUT2D eigenvalue weighted by Crippen LogP contribution is -2.55. The number of alkyl carbamates (subject to hydrolysis) is 1. The Morgan fingerprint density at radius 1 is 0.980 bits per heavy atom. The van der Waals surface area contributed by atoms with Gasteiger partial charge >= 0.3 is 18.2 Å². The van der Waals surface area contributed by atoms with Crippen molar-refractivity contribution >= 4 is 35.0 Å². The number of carbonyl (C=O) groups is 4. The van der Waals surface area contributed by atoms with Crippen LogP contribution in [-0.4, -0.2) is 81.8 Å². The van der Waals surface area contributed by atoms with E-state index in [1.807, 2.05) is 30.3 Å². The molecule has 0 spiro atoms. The molecule has 1 saturated carbocycles. The van der Waals surface area contributed by atoms with Gasteiger partial charge in [-0.05, 0) is 68.9 Å². The fourth-order valence-electron chi connectivity index (χ4n) is 7.84. The van der Waals surface area contributed by atoms with Crippen molar-refractivity contribution in [2.24, 2.45) is 5.92 Å². The van der Waals surface area contributed by atoms with Crippen molar-refractivity contribution in [2.75, 3.05) is 13.1 Å². The molecule has 12 heteroatoms. The van der Waals surface area contributed by atoms with Gasteiger partial charge in [-0.1, -0.05) is 49.6 Å². The summed E-state index contributed by atoms with van der Waals surface area (Å²) in [7, 11) is 0. The molecule has 6 rings (SSSR count). The van der Waals surface area contributed by atoms with Crippen molar-refractivity contribution in [3.8, 4) is 0 Å². The zero-order valence-electron chi connectivity index (χ0n) is 28.4. The Labute approximate surface area is 285 Å². The molecule has 3 fully saturated rings. The average molecular weight is 677 g/mol. The predicted molar refractivity (Wildman–Crippen MR) is 179 cm³/mol. The highest BCUT2D eigenvalue weighted by molar-refractivity contribution is 5.88. The number of aromatic nitrogens is 1. The number of nitrogens with one attached hydrogen (secondary N) is 2. The van der Waals surface area contributed by atoms with E-state index in [1.165, 1.54) is 19.1 Å². The van der Waals surface area contributed by atoms with Gasteiger partial charge in [-0.25, -0.2) is 14.0 Å². The molecule has 49 heavy (non-hydrogen) atoms. The first kappa shape index (κ1) is 34.3. The maximum atomic E-state index is 14.9. The lowest BCUT2D eigenvalue weighted by Gasteiger charge is -2.36. The second-order valence-electron chi connectivity index (χ2n) is 14.4. The number of likely N-dealkylation sites (tertiary alicyclic amines) is 2. The Balaban J connectivity index is 1.38. The summed E-state index contributed by atoms with van der Waals surface area (Å²) < 4.78 is 31.4. The van der Waals surface area contributed by atoms with Crippen LogP contribution in [0, 0.1) is 11.7 Å². The summed E-state index contributed by atoms with van der Waals surface area (Å²) in [5, 5.41) is 3.65. The van der Waals surface area contributed by atoms with E-state index >= 15 is 0 Å². The number of carbonyl (C=O) groups excluding carboxylic acids is 4. The number of aromatic amines is 1. The van der Waals surface area contributed by atoms with Crippen LogP contribution in [0.2, 0.25) is 0 Å². The van der Waals surface area contributed by atoms with Crippen LogP contribution in [0.25, 0.3) is 10.9 Å². The minimum absolute atomic E-state index is 0.0168. The van der Waals surface area contributed by atoms with Crippen LogP contribution in [-0.2, 0) is 30.4 Å². The van der Waals surface area contributed by atoms with E-state index in [4.69, 9.17) is 14.2 Å². The van der Waals surface area contributed by atoms with Gasteiger partial charge in [-0.15, -0.1) is 0 Å². The van der Waals surface area contributed by atoms with Gasteiger partial charge in [0.15, 0.2) is 0 Å². The highest BCUT2D eigenvalue weighted by Gasteiger charge is 2.59. The van der Waals surface area contributed by atoms with Crippen LogP contribution >= 0.6 is 0 Å². The third-order valence-electron chi connectivity index (χ3n) is 9.81. The van der Waals surface area contributed by atoms with Gasteiger partial charge in [-0.2, -0.15) is 0 Å². The summed E-state index contributed by atoms with van der Waals surface area (Å²) in [5.74, 6) is -1.84. The normalized spacial score (nSPS) is 23.2. The van der Waals surface area contributed by atoms with Crippen molar-refractivity contribution < 1.29 is 37.8 Å². The van der Waals surface area contributed by atoms with Gasteiger partial charge in [0.05, 0.1) is 18.6 Å². The van der Waals surface area contributed by atoms with E-state index in [9.17, 15) is 23.6 Å². The first-order valence-corrected chi connectivity index (χ1v) is 17.1. The third kappa shape index (κ3) is 7.52. The molecule has 3 amide bonds. The van der Waals surface area contributed by atoms with Crippen molar-refractivity contribution in [1.82, 2.24) is 20.1 Å². The summed E-state index contributed by atoms with van der Waals surface area (Å²) in [5.41, 5.74) is 1.41. The quantitative estimate of drug-likeness (QED) is 0.231. The number of hydrogen-bond donors (Lipinski definition) is 2. The van der Waals surface area contributed by atoms with Gasteiger partial charge in [0.25, 0.3) is 0 Å². The molecule has 3 aromatic rings. The van der Waals surface area contributed by atoms with E-state index in [0.29, 0.717) is 5.52 Å². The lowest BCUT2D eigenvalue weighted by atomic mass is 9.83. The lowest BCUT2D eigenvalue weighted by molar-refractivity contribution is -0.148. The Morgan fingerprint density at radius 3 is 2.41 bits per heavy atom. The number of nitrogens with zero attached hydrogens (tertiary/aromatic N) is 2. The molecule has 2 aromatic carbocycles. The number of hydrogen-bond acceptors (Lipinski definition) is 7. The van der Waals surface area contributed by atoms with Gasteiger partial charge in [-0.3, -0.25) is 14.5 Å². The molecular weight excluding hydrogens is 631 g/mol. The van der Waals surface area contributed by atoms with Crippen LogP contribution in [0.3, 0.4) is 0 Å². The van der Waals surface area contributed by atoms with Crippen LogP contribution in [0.5, 0.6) is 0 Å². The Kier molecular flexibility index (Phi) is 9.85. The minimum atomic E-state index is -0.885. The molecule has 1 aromatic heterocycles. The van der Waals surface area contributed by atoms with Gasteiger partial charge in [0, 0.05) is 36.5 Å². The smallest absolute Gasteiger partial charge is 0.410 e. The Bertz CT molecular complexity index is 1680. The SMILES string of the molecule is CC(=O)O[C@@H]1CN(C(=O)[C@@H](NC(=O)OC(C)(C)C)C2CCCCC2)[C@H]2[C@@H]1N(C(=O)OCc1ccccc1)C[C@H]2c1c[nH]c2cc(F)ccc12. The van der Waals surface area contributed by atoms with Crippen LogP contribution in [0.15, 0.2) is 54.7 Å². The summed E-state index contributed by atoms with van der Waals surface area (Å²) in [6, 6.07) is 11.5. The maximum Gasteiger partial charge on any atom is 0.410 e. The molecule has 262 valence electrons. The first-order valence-electron chi connectivity index (χ1n) is 17.1. The number of benzene rings is 2. The summed E-state index contributed by atoms with van der Waals surface area (Å²) >= 11 is 0. The minimum Gasteiger partial charge on any atom is -0.458 e. The molecule has 2 N–H and O–H groups in total. The van der Waals surface area contributed by atoms with Crippen molar-refractivity contribution in [1.29, 1.82) is 0 Å². The van der Waals surface area contributed by atoms with Gasteiger partial charge < -0.3 is 29.4 Å². The number of H-pyrrole nitrogens is 1. The van der Waals surface area contributed by atoms with Crippen molar-refractivity contribution in [3.05, 3.63) is 71.7 Å². The Hall–Kier alpha value is -4.61. The molecule has 11 nitrogen and oxygen atoms in total. The standard InChI is InChI=1S/C37H45FN4O7/c1-22(43)48-30-20-41(34(44)31(24-13-9-6-10-14-24)40-35(45)49-37(2,3)4)32-28(27-18-39-29-17-25(38)15-16-26(27)29)19-42(33(30)32)36(46)47-21-23-11-7-5-8-12-23/h5,7-8,11-12,15-18,24,28,30-33,39H,6,9-10,13-14,19-21H2,1-4H3,(H,40,45)/t28-,30+,31-,32+,33+/m0/s1. The van der Waals surface area contributed by atoms with Crippen molar-refractivity contribution in [3.63, 3.8) is 0 Å². The highest BCUT2D eigenvalue weighted by Crippen LogP contribution is 2.45. The topological polar surface area (TPSA) is 130 Å². The number of rotatable bonds is 7. The van der Waals surface area contributed by atoms with E-state index in [2.05, 4.69) is 10.3 Å². The monoisotopic (exact) mass is 676 g/mol. The predicted octanol–water partition coefficient (Wildman–Crippen LogP) is 6.03. The van der Waals surface area contributed by atoms with Crippen LogP contribution < -0.4 is 5.32 Å². The molecular formula is C37H45FN4O7. The summed E-state index contributed by atoms with van der Waals surface area (Å²) in [6.07, 6.45) is 4.08. The van der Waals surface area contributed by atoms with Crippen molar-refractivity contribution in [2.45, 2.75) is 102 Å². The maximum absolute atomic E-state index is 14.9. The molecule has 0 bridgehead atoms. The number of halogens is 1. The largest absolute Gasteiger partial charge is 0.458 e. The molecule has 0 radical (unpaired) electrons. The number of ether oxygens (including phenoxy) is 3. The Morgan fingerprint density at radius 2 is 1.71 bits per heavy atom. The van der Waals surface area contributed by atoms with E-state index < -0.39 is 59.7 Å². The molecule has 2 saturated heterocycles. The van der Waals surface area contributed by atoms with Gasteiger partial charge in [0.1, 0.15) is 30.2 Å². The second kappa shape index (κ2) is 14.1. The first-order chi connectivity index (χ1) is 23.4. The van der Waals surface area contributed by atoms with E-state index in [-0.39, 0.29) is 31.5 Å². The third-order valence-corrected chi connectivity index (χ3v) is 9.81. The molecule has 1 aliphatic carbocycles.